The van der Waals surface area contributed by atoms with E-state index in [1.165, 1.54) is 6.07 Å². The van der Waals surface area contributed by atoms with Gasteiger partial charge >= 0.3 is 0 Å². The molecule has 1 aliphatic heterocycles. The summed E-state index contributed by atoms with van der Waals surface area (Å²) in [6.07, 6.45) is 1.99. The van der Waals surface area contributed by atoms with Crippen molar-refractivity contribution >= 4 is 5.69 Å². The van der Waals surface area contributed by atoms with Crippen molar-refractivity contribution in [3.63, 3.8) is 0 Å². The first kappa shape index (κ1) is 10.4. The molecule has 1 aliphatic rings. The molecule has 2 atom stereocenters. The van der Waals surface area contributed by atoms with Crippen molar-refractivity contribution < 1.29 is 4.39 Å². The van der Waals surface area contributed by atoms with Crippen LogP contribution in [0.15, 0.2) is 18.2 Å². The van der Waals surface area contributed by atoms with Gasteiger partial charge in [-0.1, -0.05) is 0 Å². The van der Waals surface area contributed by atoms with Crippen LogP contribution in [0, 0.1) is 5.82 Å². The van der Waals surface area contributed by atoms with Crippen LogP contribution in [0.2, 0.25) is 0 Å². The average molecular weight is 208 g/mol. The van der Waals surface area contributed by atoms with Crippen molar-refractivity contribution in [2.75, 3.05) is 12.4 Å². The van der Waals surface area contributed by atoms with Gasteiger partial charge in [0.25, 0.3) is 0 Å². The van der Waals surface area contributed by atoms with E-state index in [9.17, 15) is 4.39 Å². The third-order valence-electron chi connectivity index (χ3n) is 3.02. The van der Waals surface area contributed by atoms with Gasteiger partial charge in [-0.3, -0.25) is 0 Å². The number of anilines is 1. The first-order valence-corrected chi connectivity index (χ1v) is 5.41. The average Bonchev–Trinajstić information content (AvgIpc) is 2.59. The fraction of sp³-hybridized carbons (Fsp3) is 0.500. The zero-order chi connectivity index (χ0) is 10.8. The molecule has 0 aromatic heterocycles. The number of halogens is 1. The minimum atomic E-state index is -0.141. The van der Waals surface area contributed by atoms with Gasteiger partial charge in [-0.25, -0.2) is 4.39 Å². The Bertz CT molecular complexity index is 351. The Hall–Kier alpha value is -1.09. The van der Waals surface area contributed by atoms with Gasteiger partial charge in [-0.05, 0) is 50.6 Å². The van der Waals surface area contributed by atoms with Crippen LogP contribution in [-0.4, -0.2) is 19.1 Å². The minimum Gasteiger partial charge on any atom is -0.382 e. The van der Waals surface area contributed by atoms with Gasteiger partial charge in [0.2, 0.25) is 0 Å². The molecule has 0 bridgehead atoms. The largest absolute Gasteiger partial charge is 0.382 e. The Balaban J connectivity index is 2.03. The molecule has 1 aromatic carbocycles. The fourth-order valence-electron chi connectivity index (χ4n) is 2.10. The van der Waals surface area contributed by atoms with Crippen LogP contribution in [0.4, 0.5) is 10.1 Å². The molecule has 15 heavy (non-hydrogen) atoms. The Labute approximate surface area is 89.9 Å². The zero-order valence-corrected chi connectivity index (χ0v) is 9.18. The molecule has 2 unspecified atom stereocenters. The summed E-state index contributed by atoms with van der Waals surface area (Å²) >= 11 is 0. The topological polar surface area (TPSA) is 24.1 Å². The quantitative estimate of drug-likeness (QED) is 0.795. The SMILES string of the molecule is CNC(C)CC1Cc2cc(F)ccc2N1. The van der Waals surface area contributed by atoms with Crippen LogP contribution in [0.25, 0.3) is 0 Å². The minimum absolute atomic E-state index is 0.141. The number of nitrogens with one attached hydrogen (secondary N) is 2. The molecule has 3 heteroatoms. The molecule has 0 aliphatic carbocycles. The third-order valence-corrected chi connectivity index (χ3v) is 3.02. The van der Waals surface area contributed by atoms with Gasteiger partial charge in [-0.15, -0.1) is 0 Å². The smallest absolute Gasteiger partial charge is 0.123 e. The van der Waals surface area contributed by atoms with E-state index >= 15 is 0 Å². The summed E-state index contributed by atoms with van der Waals surface area (Å²) in [4.78, 5) is 0. The number of fused-ring (bicyclic) bond motifs is 1. The van der Waals surface area contributed by atoms with Crippen LogP contribution in [0.5, 0.6) is 0 Å². The Kier molecular flexibility index (Phi) is 2.91. The lowest BCUT2D eigenvalue weighted by molar-refractivity contribution is 0.518. The van der Waals surface area contributed by atoms with Crippen molar-refractivity contribution in [2.45, 2.75) is 31.8 Å². The van der Waals surface area contributed by atoms with Gasteiger partial charge in [0, 0.05) is 17.8 Å². The van der Waals surface area contributed by atoms with Crippen LogP contribution >= 0.6 is 0 Å². The summed E-state index contributed by atoms with van der Waals surface area (Å²) in [5, 5.41) is 6.64. The van der Waals surface area contributed by atoms with Crippen molar-refractivity contribution in [1.82, 2.24) is 5.32 Å². The lowest BCUT2D eigenvalue weighted by Crippen LogP contribution is -2.29. The summed E-state index contributed by atoms with van der Waals surface area (Å²) in [6.45, 7) is 2.16. The van der Waals surface area contributed by atoms with Gasteiger partial charge in [0.15, 0.2) is 0 Å². The number of hydrogen-bond donors (Lipinski definition) is 2. The maximum absolute atomic E-state index is 13.0. The lowest BCUT2D eigenvalue weighted by atomic mass is 10.0. The molecular weight excluding hydrogens is 191 g/mol. The highest BCUT2D eigenvalue weighted by atomic mass is 19.1. The molecule has 2 rings (SSSR count). The molecule has 0 saturated heterocycles. The van der Waals surface area contributed by atoms with E-state index < -0.39 is 0 Å². The third kappa shape index (κ3) is 2.29. The Morgan fingerprint density at radius 3 is 3.13 bits per heavy atom. The molecule has 82 valence electrons. The van der Waals surface area contributed by atoms with Crippen LogP contribution in [0.3, 0.4) is 0 Å². The van der Waals surface area contributed by atoms with Crippen molar-refractivity contribution in [2.24, 2.45) is 0 Å². The van der Waals surface area contributed by atoms with Gasteiger partial charge in [-0.2, -0.15) is 0 Å². The molecule has 1 aromatic rings. The zero-order valence-electron chi connectivity index (χ0n) is 9.18. The van der Waals surface area contributed by atoms with Gasteiger partial charge in [0.1, 0.15) is 5.82 Å². The second-order valence-electron chi connectivity index (χ2n) is 4.27. The molecule has 0 spiro atoms. The molecule has 0 amide bonds. The Morgan fingerprint density at radius 1 is 1.60 bits per heavy atom. The van der Waals surface area contributed by atoms with E-state index in [-0.39, 0.29) is 5.82 Å². The highest BCUT2D eigenvalue weighted by molar-refractivity contribution is 5.56. The second kappa shape index (κ2) is 4.19. The first-order valence-electron chi connectivity index (χ1n) is 5.41. The first-order chi connectivity index (χ1) is 7.19. The molecule has 0 radical (unpaired) electrons. The maximum atomic E-state index is 13.0. The summed E-state index contributed by atoms with van der Waals surface area (Å²) in [6, 6.07) is 5.89. The van der Waals surface area contributed by atoms with Crippen LogP contribution in [0.1, 0.15) is 18.9 Å². The van der Waals surface area contributed by atoms with Crippen molar-refractivity contribution in [3.8, 4) is 0 Å². The van der Waals surface area contributed by atoms with E-state index in [0.717, 1.165) is 24.1 Å². The lowest BCUT2D eigenvalue weighted by Gasteiger charge is -2.16. The second-order valence-corrected chi connectivity index (χ2v) is 4.27. The summed E-state index contributed by atoms with van der Waals surface area (Å²) in [5.41, 5.74) is 2.19. The monoisotopic (exact) mass is 208 g/mol. The summed E-state index contributed by atoms with van der Waals surface area (Å²) in [7, 11) is 1.96. The summed E-state index contributed by atoms with van der Waals surface area (Å²) < 4.78 is 13.0. The van der Waals surface area contributed by atoms with E-state index in [2.05, 4.69) is 17.6 Å². The van der Waals surface area contributed by atoms with E-state index in [1.807, 2.05) is 13.1 Å². The van der Waals surface area contributed by atoms with E-state index in [4.69, 9.17) is 0 Å². The number of benzene rings is 1. The van der Waals surface area contributed by atoms with Crippen molar-refractivity contribution in [3.05, 3.63) is 29.6 Å². The molecule has 2 nitrogen and oxygen atoms in total. The number of rotatable bonds is 3. The number of hydrogen-bond acceptors (Lipinski definition) is 2. The molecule has 1 heterocycles. The fourth-order valence-corrected chi connectivity index (χ4v) is 2.10. The predicted molar refractivity (Wildman–Crippen MR) is 60.7 cm³/mol. The molecule has 0 fully saturated rings. The molecule has 2 N–H and O–H groups in total. The van der Waals surface area contributed by atoms with Crippen LogP contribution < -0.4 is 10.6 Å². The summed E-state index contributed by atoms with van der Waals surface area (Å²) in [5.74, 6) is -0.141. The highest BCUT2D eigenvalue weighted by Crippen LogP contribution is 2.28. The molecule has 0 saturated carbocycles. The van der Waals surface area contributed by atoms with Gasteiger partial charge in [0.05, 0.1) is 0 Å². The van der Waals surface area contributed by atoms with Crippen LogP contribution in [-0.2, 0) is 6.42 Å². The van der Waals surface area contributed by atoms with E-state index in [0.29, 0.717) is 12.1 Å². The van der Waals surface area contributed by atoms with E-state index in [1.54, 1.807) is 6.07 Å². The predicted octanol–water partition coefficient (Wildman–Crippen LogP) is 2.16. The Morgan fingerprint density at radius 2 is 2.40 bits per heavy atom. The highest BCUT2D eigenvalue weighted by Gasteiger charge is 2.21. The molecular formula is C12H17FN2. The van der Waals surface area contributed by atoms with Crippen molar-refractivity contribution in [1.29, 1.82) is 0 Å². The van der Waals surface area contributed by atoms with Gasteiger partial charge < -0.3 is 10.6 Å². The normalized spacial score (nSPS) is 20.9. The standard InChI is InChI=1S/C12H17FN2/c1-8(14-2)5-11-7-9-6-10(13)3-4-12(9)15-11/h3-4,6,8,11,14-15H,5,7H2,1-2H3. The maximum Gasteiger partial charge on any atom is 0.123 e.